The molecule has 0 spiro atoms. The molecule has 170 valence electrons. The maximum atomic E-state index is 12.5. The Morgan fingerprint density at radius 2 is 1.81 bits per heavy atom. The predicted molar refractivity (Wildman–Crippen MR) is 110 cm³/mol. The van der Waals surface area contributed by atoms with E-state index in [2.05, 4.69) is 10.0 Å². The molecule has 3 rings (SSSR count). The monoisotopic (exact) mass is 488 g/mol. The largest absolute Gasteiger partial charge is 0.482 e. The minimum atomic E-state index is -4.56. The van der Waals surface area contributed by atoms with Crippen molar-refractivity contribution in [3.05, 3.63) is 77.2 Å². The van der Waals surface area contributed by atoms with Crippen molar-refractivity contribution in [1.82, 2.24) is 4.72 Å². The highest BCUT2D eigenvalue weighted by atomic mass is 35.5. The first-order valence-corrected chi connectivity index (χ1v) is 10.8. The number of sulfonamides is 1. The van der Waals surface area contributed by atoms with Crippen LogP contribution in [0.1, 0.15) is 16.1 Å². The number of furan rings is 1. The lowest BCUT2D eigenvalue weighted by atomic mass is 10.2. The van der Waals surface area contributed by atoms with Crippen molar-refractivity contribution in [1.29, 1.82) is 0 Å². The smallest absolute Gasteiger partial charge is 0.422 e. The SMILES string of the molecule is O=C(Nc1cc(Cl)ccc1OCC(F)(F)F)c1ccc(S(=O)(=O)NCc2ccco2)cc1. The molecule has 0 aliphatic heterocycles. The van der Waals surface area contributed by atoms with Gasteiger partial charge in [-0.25, -0.2) is 13.1 Å². The van der Waals surface area contributed by atoms with E-state index in [1.54, 1.807) is 12.1 Å². The number of rotatable bonds is 8. The van der Waals surface area contributed by atoms with Crippen LogP contribution in [0.15, 0.2) is 70.2 Å². The number of anilines is 1. The van der Waals surface area contributed by atoms with Gasteiger partial charge in [-0.2, -0.15) is 13.2 Å². The summed E-state index contributed by atoms with van der Waals surface area (Å²) in [6, 6.07) is 12.0. The predicted octanol–water partition coefficient (Wildman–Crippen LogP) is 4.60. The van der Waals surface area contributed by atoms with Crippen LogP contribution in [0.2, 0.25) is 5.02 Å². The highest BCUT2D eigenvalue weighted by Gasteiger charge is 2.29. The van der Waals surface area contributed by atoms with E-state index in [1.165, 1.54) is 48.7 Å². The molecule has 0 aliphatic carbocycles. The number of amides is 1. The molecule has 0 aliphatic rings. The number of carbonyl (C=O) groups excluding carboxylic acids is 1. The molecule has 1 amide bonds. The summed E-state index contributed by atoms with van der Waals surface area (Å²) >= 11 is 5.86. The molecule has 0 fully saturated rings. The van der Waals surface area contributed by atoms with E-state index < -0.39 is 28.7 Å². The zero-order chi connectivity index (χ0) is 23.4. The van der Waals surface area contributed by atoms with E-state index >= 15 is 0 Å². The Balaban J connectivity index is 1.70. The summed E-state index contributed by atoms with van der Waals surface area (Å²) in [4.78, 5) is 12.4. The third-order valence-corrected chi connectivity index (χ3v) is 5.68. The lowest BCUT2D eigenvalue weighted by Gasteiger charge is -2.14. The van der Waals surface area contributed by atoms with Crippen LogP contribution in [0.5, 0.6) is 5.75 Å². The molecule has 2 N–H and O–H groups in total. The normalized spacial score (nSPS) is 11.9. The van der Waals surface area contributed by atoms with Crippen LogP contribution in [0.3, 0.4) is 0 Å². The first kappa shape index (κ1) is 23.6. The molecule has 0 unspecified atom stereocenters. The van der Waals surface area contributed by atoms with Gasteiger partial charge < -0.3 is 14.5 Å². The molecule has 0 atom stereocenters. The van der Waals surface area contributed by atoms with Crippen LogP contribution in [0, 0.1) is 0 Å². The number of alkyl halides is 3. The van der Waals surface area contributed by atoms with E-state index in [0.717, 1.165) is 0 Å². The first-order chi connectivity index (χ1) is 15.0. The fraction of sp³-hybridized carbons (Fsp3) is 0.150. The second-order valence-electron chi connectivity index (χ2n) is 6.43. The van der Waals surface area contributed by atoms with Crippen LogP contribution in [-0.2, 0) is 16.6 Å². The molecule has 3 aromatic rings. The fourth-order valence-corrected chi connectivity index (χ4v) is 3.69. The van der Waals surface area contributed by atoms with E-state index in [-0.39, 0.29) is 33.5 Å². The van der Waals surface area contributed by atoms with Crippen LogP contribution < -0.4 is 14.8 Å². The third-order valence-electron chi connectivity index (χ3n) is 4.02. The van der Waals surface area contributed by atoms with Gasteiger partial charge in [-0.1, -0.05) is 11.6 Å². The number of carbonyl (C=O) groups is 1. The van der Waals surface area contributed by atoms with E-state index in [4.69, 9.17) is 20.8 Å². The molecule has 32 heavy (non-hydrogen) atoms. The lowest BCUT2D eigenvalue weighted by molar-refractivity contribution is -0.153. The highest BCUT2D eigenvalue weighted by Crippen LogP contribution is 2.30. The number of ether oxygens (including phenoxy) is 1. The van der Waals surface area contributed by atoms with Crippen molar-refractivity contribution < 1.29 is 35.5 Å². The Labute approximate surface area is 186 Å². The van der Waals surface area contributed by atoms with Gasteiger partial charge >= 0.3 is 6.18 Å². The van der Waals surface area contributed by atoms with E-state index in [9.17, 15) is 26.4 Å². The van der Waals surface area contributed by atoms with Crippen molar-refractivity contribution in [3.8, 4) is 5.75 Å². The summed E-state index contributed by atoms with van der Waals surface area (Å²) in [7, 11) is -3.86. The van der Waals surface area contributed by atoms with Gasteiger partial charge in [0.05, 0.1) is 23.4 Å². The Bertz CT molecular complexity index is 1180. The minimum Gasteiger partial charge on any atom is -0.482 e. The van der Waals surface area contributed by atoms with Crippen LogP contribution in [0.4, 0.5) is 18.9 Å². The average Bonchev–Trinajstić information content (AvgIpc) is 3.25. The molecular weight excluding hydrogens is 473 g/mol. The number of hydrogen-bond donors (Lipinski definition) is 2. The fourth-order valence-electron chi connectivity index (χ4n) is 2.53. The van der Waals surface area contributed by atoms with Crippen molar-refractivity contribution in [2.24, 2.45) is 0 Å². The summed E-state index contributed by atoms with van der Waals surface area (Å²) in [5, 5.41) is 2.58. The van der Waals surface area contributed by atoms with Gasteiger partial charge in [-0.3, -0.25) is 4.79 Å². The summed E-state index contributed by atoms with van der Waals surface area (Å²) in [5.41, 5.74) is 0.000272. The maximum Gasteiger partial charge on any atom is 0.422 e. The lowest BCUT2D eigenvalue weighted by Crippen LogP contribution is -2.23. The Morgan fingerprint density at radius 1 is 1.09 bits per heavy atom. The molecular formula is C20H16ClF3N2O5S. The molecule has 0 saturated carbocycles. The Hall–Kier alpha value is -3.02. The zero-order valence-electron chi connectivity index (χ0n) is 16.1. The molecule has 1 aromatic heterocycles. The standard InChI is InChI=1S/C20H16ClF3N2O5S/c21-14-5-8-18(31-12-20(22,23)24)17(10-14)26-19(27)13-3-6-16(7-4-13)32(28,29)25-11-15-2-1-9-30-15/h1-10,25H,11-12H2,(H,26,27). The van der Waals surface area contributed by atoms with Crippen molar-refractivity contribution in [2.45, 2.75) is 17.6 Å². The molecule has 0 radical (unpaired) electrons. The second-order valence-corrected chi connectivity index (χ2v) is 8.63. The number of nitrogens with one attached hydrogen (secondary N) is 2. The van der Waals surface area contributed by atoms with Gasteiger partial charge in [-0.05, 0) is 54.6 Å². The highest BCUT2D eigenvalue weighted by molar-refractivity contribution is 7.89. The topological polar surface area (TPSA) is 97.6 Å². The molecule has 7 nitrogen and oxygen atoms in total. The van der Waals surface area contributed by atoms with E-state index in [0.29, 0.717) is 5.76 Å². The number of benzene rings is 2. The number of hydrogen-bond acceptors (Lipinski definition) is 5. The van der Waals surface area contributed by atoms with Crippen molar-refractivity contribution >= 4 is 33.2 Å². The minimum absolute atomic E-state index is 0.0486. The summed E-state index contributed by atoms with van der Waals surface area (Å²) in [5.74, 6) is -0.493. The van der Waals surface area contributed by atoms with Gasteiger partial charge in [-0.15, -0.1) is 0 Å². The van der Waals surface area contributed by atoms with Crippen molar-refractivity contribution in [2.75, 3.05) is 11.9 Å². The first-order valence-electron chi connectivity index (χ1n) is 8.96. The molecule has 1 heterocycles. The molecule has 12 heteroatoms. The van der Waals surface area contributed by atoms with Crippen LogP contribution in [-0.4, -0.2) is 27.1 Å². The maximum absolute atomic E-state index is 12.5. The Morgan fingerprint density at radius 3 is 2.44 bits per heavy atom. The van der Waals surface area contributed by atoms with Gasteiger partial charge in [0.1, 0.15) is 11.5 Å². The quantitative estimate of drug-likeness (QED) is 0.483. The summed E-state index contributed by atoms with van der Waals surface area (Å²) < 4.78 is 74.2. The summed E-state index contributed by atoms with van der Waals surface area (Å²) in [6.45, 7) is -1.60. The summed E-state index contributed by atoms with van der Waals surface area (Å²) in [6.07, 6.45) is -3.15. The average molecular weight is 489 g/mol. The van der Waals surface area contributed by atoms with Gasteiger partial charge in [0.25, 0.3) is 5.91 Å². The molecule has 2 aromatic carbocycles. The van der Waals surface area contributed by atoms with Gasteiger partial charge in [0.2, 0.25) is 10.0 Å². The van der Waals surface area contributed by atoms with E-state index in [1.807, 2.05) is 0 Å². The van der Waals surface area contributed by atoms with Gasteiger partial charge in [0, 0.05) is 10.6 Å². The molecule has 0 saturated heterocycles. The molecule has 0 bridgehead atoms. The second kappa shape index (κ2) is 9.63. The van der Waals surface area contributed by atoms with Crippen LogP contribution >= 0.6 is 11.6 Å². The Kier molecular flexibility index (Phi) is 7.12. The number of halogens is 4. The van der Waals surface area contributed by atoms with Crippen molar-refractivity contribution in [3.63, 3.8) is 0 Å². The van der Waals surface area contributed by atoms with Crippen LogP contribution in [0.25, 0.3) is 0 Å². The zero-order valence-corrected chi connectivity index (χ0v) is 17.7. The third kappa shape index (κ3) is 6.49. The van der Waals surface area contributed by atoms with Gasteiger partial charge in [0.15, 0.2) is 6.61 Å².